The largest absolute Gasteiger partial charge is 0.483 e. The van der Waals surface area contributed by atoms with Gasteiger partial charge in [-0.1, -0.05) is 25.5 Å². The number of thiophene rings is 1. The molecule has 1 saturated heterocycles. The van der Waals surface area contributed by atoms with Crippen LogP contribution in [0.4, 0.5) is 0 Å². The van der Waals surface area contributed by atoms with Crippen LogP contribution < -0.4 is 0 Å². The van der Waals surface area contributed by atoms with Gasteiger partial charge in [-0.3, -0.25) is 19.4 Å². The Morgan fingerprint density at radius 3 is 2.42 bits per heavy atom. The van der Waals surface area contributed by atoms with E-state index >= 15 is 0 Å². The number of carbonyl (C=O) groups is 2. The highest BCUT2D eigenvalue weighted by Gasteiger charge is 2.19. The maximum atomic E-state index is 8.36. The van der Waals surface area contributed by atoms with Gasteiger partial charge in [0.05, 0.1) is 0 Å². The van der Waals surface area contributed by atoms with Crippen molar-refractivity contribution < 1.29 is 19.8 Å². The molecular weight excluding hydrogens is 352 g/mol. The first-order chi connectivity index (χ1) is 12.7. The average molecular weight is 383 g/mol. The second-order valence-corrected chi connectivity index (χ2v) is 7.30. The maximum Gasteiger partial charge on any atom is 0.290 e. The van der Waals surface area contributed by atoms with Gasteiger partial charge in [-0.25, -0.2) is 0 Å². The molecule has 1 fully saturated rings. The van der Waals surface area contributed by atoms with Crippen molar-refractivity contribution in [2.24, 2.45) is 0 Å². The molecular formula is C19H30N2O4S. The number of nitrogens with zero attached hydrogens (tertiary/aromatic N) is 2. The van der Waals surface area contributed by atoms with Crippen LogP contribution in [-0.2, 0) is 22.7 Å². The van der Waals surface area contributed by atoms with Gasteiger partial charge >= 0.3 is 0 Å². The first-order valence-electron chi connectivity index (χ1n) is 9.03. The number of piperidine rings is 1. The lowest BCUT2D eigenvalue weighted by Gasteiger charge is -2.25. The van der Waals surface area contributed by atoms with Crippen molar-refractivity contribution in [3.8, 4) is 0 Å². The lowest BCUT2D eigenvalue weighted by molar-refractivity contribution is -0.123. The minimum atomic E-state index is -0.250. The second-order valence-electron chi connectivity index (χ2n) is 6.30. The molecule has 146 valence electrons. The predicted octanol–water partition coefficient (Wildman–Crippen LogP) is 3.29. The van der Waals surface area contributed by atoms with Crippen molar-refractivity contribution in [1.82, 2.24) is 9.80 Å². The zero-order valence-electron chi connectivity index (χ0n) is 15.4. The van der Waals surface area contributed by atoms with Crippen molar-refractivity contribution >= 4 is 24.3 Å². The molecule has 0 bridgehead atoms. The zero-order chi connectivity index (χ0) is 19.2. The fraction of sp³-hybridized carbons (Fsp3) is 0.579. The van der Waals surface area contributed by atoms with Crippen molar-refractivity contribution in [3.05, 3.63) is 34.0 Å². The standard InChI is InChI=1S/C17H26N2S.2CH2O2/c1-2-16-7-6-10-19(16)13-17-11-15(14-20-17)12-18-8-4-3-5-9-18;2*2-1-3/h6-7,11,14,16H,2-5,8-10,12-13H2,1H3;2*1H,(H,2,3). The summed E-state index contributed by atoms with van der Waals surface area (Å²) in [6, 6.07) is 3.09. The van der Waals surface area contributed by atoms with Gasteiger partial charge in [-0.05, 0) is 49.4 Å². The highest BCUT2D eigenvalue weighted by Crippen LogP contribution is 2.23. The summed E-state index contributed by atoms with van der Waals surface area (Å²) >= 11 is 1.94. The molecule has 6 nitrogen and oxygen atoms in total. The first kappa shape index (κ1) is 22.3. The smallest absolute Gasteiger partial charge is 0.290 e. The summed E-state index contributed by atoms with van der Waals surface area (Å²) in [5, 5.41) is 16.1. The van der Waals surface area contributed by atoms with E-state index in [4.69, 9.17) is 19.8 Å². The van der Waals surface area contributed by atoms with Gasteiger partial charge in [0.25, 0.3) is 12.9 Å². The molecule has 0 saturated carbocycles. The summed E-state index contributed by atoms with van der Waals surface area (Å²) < 4.78 is 0. The van der Waals surface area contributed by atoms with Crippen molar-refractivity contribution in [2.75, 3.05) is 19.6 Å². The van der Waals surface area contributed by atoms with E-state index in [2.05, 4.69) is 40.3 Å². The van der Waals surface area contributed by atoms with Crippen LogP contribution in [0.3, 0.4) is 0 Å². The summed E-state index contributed by atoms with van der Waals surface area (Å²) in [6.45, 7) is 7.77. The number of rotatable bonds is 5. The number of carboxylic acid groups (broad SMARTS) is 2. The van der Waals surface area contributed by atoms with E-state index in [1.807, 2.05) is 11.3 Å². The Labute approximate surface area is 159 Å². The van der Waals surface area contributed by atoms with Crippen molar-refractivity contribution in [3.63, 3.8) is 0 Å². The molecule has 0 aliphatic carbocycles. The van der Waals surface area contributed by atoms with Gasteiger partial charge in [-0.15, -0.1) is 11.3 Å². The zero-order valence-corrected chi connectivity index (χ0v) is 16.2. The van der Waals surface area contributed by atoms with E-state index in [0.717, 1.165) is 19.6 Å². The highest BCUT2D eigenvalue weighted by molar-refractivity contribution is 7.10. The molecule has 0 spiro atoms. The Kier molecular flexibility index (Phi) is 11.6. The highest BCUT2D eigenvalue weighted by atomic mass is 32.1. The number of hydrogen-bond donors (Lipinski definition) is 2. The van der Waals surface area contributed by atoms with Gasteiger partial charge in [-0.2, -0.15) is 0 Å². The fourth-order valence-electron chi connectivity index (χ4n) is 3.35. The molecule has 0 radical (unpaired) electrons. The predicted molar refractivity (Wildman–Crippen MR) is 104 cm³/mol. The molecule has 0 aromatic carbocycles. The summed E-state index contributed by atoms with van der Waals surface area (Å²) in [4.78, 5) is 23.4. The third-order valence-electron chi connectivity index (χ3n) is 4.51. The summed E-state index contributed by atoms with van der Waals surface area (Å²) in [5.74, 6) is 0. The Bertz CT molecular complexity index is 535. The van der Waals surface area contributed by atoms with Crippen LogP contribution in [0, 0.1) is 0 Å². The third kappa shape index (κ3) is 8.12. The van der Waals surface area contributed by atoms with Crippen LogP contribution in [0.2, 0.25) is 0 Å². The molecule has 2 aliphatic rings. The van der Waals surface area contributed by atoms with E-state index in [0.29, 0.717) is 6.04 Å². The van der Waals surface area contributed by atoms with E-state index in [1.165, 1.54) is 49.2 Å². The molecule has 2 N–H and O–H groups in total. The molecule has 1 unspecified atom stereocenters. The topological polar surface area (TPSA) is 81.1 Å². The van der Waals surface area contributed by atoms with E-state index in [-0.39, 0.29) is 12.9 Å². The molecule has 2 aliphatic heterocycles. The van der Waals surface area contributed by atoms with Crippen molar-refractivity contribution in [2.45, 2.75) is 51.7 Å². The Hall–Kier alpha value is -1.70. The van der Waals surface area contributed by atoms with E-state index < -0.39 is 0 Å². The molecule has 7 heteroatoms. The fourth-order valence-corrected chi connectivity index (χ4v) is 4.26. The Balaban J connectivity index is 0.000000499. The Morgan fingerprint density at radius 2 is 1.81 bits per heavy atom. The van der Waals surface area contributed by atoms with Gasteiger partial charge in [0.1, 0.15) is 0 Å². The normalized spacial score (nSPS) is 19.8. The SMILES string of the molecule is CCC1C=CCN1Cc1cc(CN2CCCCC2)cs1.O=CO.O=CO. The van der Waals surface area contributed by atoms with Crippen molar-refractivity contribution in [1.29, 1.82) is 0 Å². The van der Waals surface area contributed by atoms with Crippen LogP contribution in [0.1, 0.15) is 43.0 Å². The minimum absolute atomic E-state index is 0.250. The number of likely N-dealkylation sites (tertiary alicyclic amines) is 1. The van der Waals surface area contributed by atoms with E-state index in [1.54, 1.807) is 0 Å². The summed E-state index contributed by atoms with van der Waals surface area (Å²) in [6.07, 6.45) is 10.1. The lowest BCUT2D eigenvalue weighted by Crippen LogP contribution is -2.29. The molecule has 1 aromatic rings. The van der Waals surface area contributed by atoms with Crippen LogP contribution in [0.15, 0.2) is 23.6 Å². The second kappa shape index (κ2) is 13.5. The molecule has 3 rings (SSSR count). The first-order valence-corrected chi connectivity index (χ1v) is 9.91. The van der Waals surface area contributed by atoms with Crippen LogP contribution in [-0.4, -0.2) is 58.6 Å². The Morgan fingerprint density at radius 1 is 1.15 bits per heavy atom. The van der Waals surface area contributed by atoms with Gasteiger partial charge in [0, 0.05) is 30.6 Å². The molecule has 0 amide bonds. The molecule has 1 atom stereocenters. The van der Waals surface area contributed by atoms with Crippen LogP contribution in [0.5, 0.6) is 0 Å². The summed E-state index contributed by atoms with van der Waals surface area (Å²) in [5.41, 5.74) is 1.52. The van der Waals surface area contributed by atoms with Crippen LogP contribution in [0.25, 0.3) is 0 Å². The molecule has 3 heterocycles. The van der Waals surface area contributed by atoms with Gasteiger partial charge in [0.2, 0.25) is 0 Å². The number of hydrogen-bond acceptors (Lipinski definition) is 5. The quantitative estimate of drug-likeness (QED) is 0.601. The van der Waals surface area contributed by atoms with E-state index in [9.17, 15) is 0 Å². The maximum absolute atomic E-state index is 8.36. The lowest BCUT2D eigenvalue weighted by atomic mass is 10.1. The monoisotopic (exact) mass is 382 g/mol. The summed E-state index contributed by atoms with van der Waals surface area (Å²) in [7, 11) is 0. The third-order valence-corrected chi connectivity index (χ3v) is 5.48. The van der Waals surface area contributed by atoms with Crippen LogP contribution >= 0.6 is 11.3 Å². The molecule has 26 heavy (non-hydrogen) atoms. The minimum Gasteiger partial charge on any atom is -0.483 e. The van der Waals surface area contributed by atoms with Gasteiger partial charge in [0.15, 0.2) is 0 Å². The van der Waals surface area contributed by atoms with Gasteiger partial charge < -0.3 is 10.2 Å². The average Bonchev–Trinajstić information content (AvgIpc) is 3.27. The molecule has 1 aromatic heterocycles.